The molecule has 12 heteroatoms. The second-order valence-corrected chi connectivity index (χ2v) is 10.1. The zero-order chi connectivity index (χ0) is 24.0. The minimum absolute atomic E-state index is 0.0800. The molecule has 0 aliphatic carbocycles. The van der Waals surface area contributed by atoms with E-state index >= 15 is 0 Å². The van der Waals surface area contributed by atoms with Gasteiger partial charge in [0, 0.05) is 36.8 Å². The van der Waals surface area contributed by atoms with Crippen molar-refractivity contribution in [3.63, 3.8) is 0 Å². The monoisotopic (exact) mass is 482 g/mol. The summed E-state index contributed by atoms with van der Waals surface area (Å²) >= 11 is 1.75. The summed E-state index contributed by atoms with van der Waals surface area (Å²) in [6.45, 7) is 4.12. The lowest BCUT2D eigenvalue weighted by molar-refractivity contribution is -0.186. The molecule has 3 fully saturated rings. The van der Waals surface area contributed by atoms with E-state index in [0.717, 1.165) is 24.3 Å². The maximum atomic E-state index is 12.2. The lowest BCUT2D eigenvalue weighted by atomic mass is 9.98. The van der Waals surface area contributed by atoms with Crippen LogP contribution in [0.4, 0.5) is 4.79 Å². The fourth-order valence-electron chi connectivity index (χ4n) is 4.25. The molecule has 0 saturated carbocycles. The number of hydrazine groups is 1. The first kappa shape index (κ1) is 25.3. The van der Waals surface area contributed by atoms with Crippen LogP contribution >= 0.6 is 11.8 Å². The van der Waals surface area contributed by atoms with Crippen LogP contribution in [0.25, 0.3) is 0 Å². The Labute approximate surface area is 197 Å². The van der Waals surface area contributed by atoms with Crippen molar-refractivity contribution in [2.75, 3.05) is 12.3 Å². The fourth-order valence-corrected chi connectivity index (χ4v) is 5.83. The summed E-state index contributed by atoms with van der Waals surface area (Å²) in [5, 5.41) is 8.15. The van der Waals surface area contributed by atoms with E-state index < -0.39 is 11.6 Å². The van der Waals surface area contributed by atoms with Gasteiger partial charge in [-0.05, 0) is 32.1 Å². The number of unbranched alkanes of at least 4 members (excludes halogenated alkanes) is 3. The van der Waals surface area contributed by atoms with Gasteiger partial charge < -0.3 is 21.2 Å². The molecule has 3 aliphatic heterocycles. The number of thioether (sulfide) groups is 1. The van der Waals surface area contributed by atoms with Gasteiger partial charge in [-0.15, -0.1) is 5.06 Å². The normalized spacial score (nSPS) is 26.2. The summed E-state index contributed by atoms with van der Waals surface area (Å²) in [5.74, 6) is 5.73. The molecule has 0 aromatic heterocycles. The Morgan fingerprint density at radius 2 is 1.94 bits per heavy atom. The van der Waals surface area contributed by atoms with Crippen LogP contribution in [0.15, 0.2) is 12.3 Å². The number of nitrogens with zero attached hydrogens (tertiary/aromatic N) is 2. The van der Waals surface area contributed by atoms with Crippen LogP contribution in [-0.4, -0.2) is 63.1 Å². The molecule has 184 valence electrons. The van der Waals surface area contributed by atoms with Gasteiger partial charge in [0.25, 0.3) is 5.91 Å². The summed E-state index contributed by atoms with van der Waals surface area (Å²) in [4.78, 5) is 52.3. The summed E-state index contributed by atoms with van der Waals surface area (Å²) in [7, 11) is 0. The van der Waals surface area contributed by atoms with Gasteiger partial charge >= 0.3 is 12.0 Å². The Balaban J connectivity index is 1.21. The minimum Gasteiger partial charge on any atom is -0.334 e. The summed E-state index contributed by atoms with van der Waals surface area (Å²) in [6.07, 6.45) is 5.82. The van der Waals surface area contributed by atoms with Crippen LogP contribution in [0.1, 0.15) is 64.2 Å². The molecular formula is C21H34N6O5S. The van der Waals surface area contributed by atoms with E-state index in [1.807, 2.05) is 0 Å². The number of allylic oxidation sites excluding steroid dienone is 1. The highest BCUT2D eigenvalue weighted by Crippen LogP contribution is 2.37. The third-order valence-electron chi connectivity index (χ3n) is 6.16. The molecule has 4 amide bonds. The van der Waals surface area contributed by atoms with E-state index in [1.165, 1.54) is 5.01 Å². The predicted octanol–water partition coefficient (Wildman–Crippen LogP) is 0.856. The second-order valence-electron chi connectivity index (χ2n) is 8.83. The summed E-state index contributed by atoms with van der Waals surface area (Å²) < 4.78 is 0. The molecule has 0 bridgehead atoms. The SMILES string of the molecule is C=C1CCC(=O)N1OC(=O)CCCCCN(N)C(=O)CCCCC1SC[C@]2(N)NC(=O)N[C@H]12. The molecule has 0 radical (unpaired) electrons. The zero-order valence-electron chi connectivity index (χ0n) is 18.8. The summed E-state index contributed by atoms with van der Waals surface area (Å²) in [5.41, 5.74) is 6.06. The van der Waals surface area contributed by atoms with Gasteiger partial charge in [-0.25, -0.2) is 15.4 Å². The van der Waals surface area contributed by atoms with E-state index in [9.17, 15) is 19.2 Å². The van der Waals surface area contributed by atoms with Crippen LogP contribution in [0, 0.1) is 0 Å². The average Bonchev–Trinajstić information content (AvgIpc) is 3.35. The Bertz CT molecular complexity index is 779. The Hall–Kier alpha value is -2.31. The quantitative estimate of drug-likeness (QED) is 0.105. The summed E-state index contributed by atoms with van der Waals surface area (Å²) in [6, 6.07) is -0.296. The van der Waals surface area contributed by atoms with Crippen LogP contribution in [-0.2, 0) is 19.2 Å². The first-order chi connectivity index (χ1) is 15.7. The highest BCUT2D eigenvalue weighted by atomic mass is 32.2. The number of nitrogens with one attached hydrogen (secondary N) is 2. The molecule has 0 spiro atoms. The van der Waals surface area contributed by atoms with E-state index in [4.69, 9.17) is 16.4 Å². The number of rotatable bonds is 12. The van der Waals surface area contributed by atoms with E-state index in [0.29, 0.717) is 56.5 Å². The van der Waals surface area contributed by atoms with Crippen LogP contribution < -0.4 is 22.2 Å². The molecule has 11 nitrogen and oxygen atoms in total. The number of hydrogen-bond acceptors (Lipinski definition) is 8. The Morgan fingerprint density at radius 3 is 2.67 bits per heavy atom. The maximum Gasteiger partial charge on any atom is 0.333 e. The molecule has 3 aliphatic rings. The lowest BCUT2D eigenvalue weighted by Crippen LogP contribution is -2.58. The van der Waals surface area contributed by atoms with Crippen molar-refractivity contribution in [1.82, 2.24) is 20.7 Å². The number of urea groups is 1. The lowest BCUT2D eigenvalue weighted by Gasteiger charge is -2.23. The zero-order valence-corrected chi connectivity index (χ0v) is 19.7. The molecule has 3 heterocycles. The average molecular weight is 483 g/mol. The van der Waals surface area contributed by atoms with Gasteiger partial charge in [-0.1, -0.05) is 19.4 Å². The van der Waals surface area contributed by atoms with Crippen molar-refractivity contribution in [3.05, 3.63) is 12.3 Å². The molecule has 0 aromatic rings. The van der Waals surface area contributed by atoms with Gasteiger partial charge in [0.1, 0.15) is 5.66 Å². The molecular weight excluding hydrogens is 448 g/mol. The molecule has 3 rings (SSSR count). The first-order valence-electron chi connectivity index (χ1n) is 11.5. The number of carbonyl (C=O) groups excluding carboxylic acids is 4. The van der Waals surface area contributed by atoms with Crippen LogP contribution in [0.5, 0.6) is 0 Å². The standard InChI is InChI=1S/C21H34N6O5S/c1-14-10-11-17(29)27(14)32-18(30)9-3-2-6-12-26(23)16(28)8-5-4-7-15-19-21(22,13-33-15)25-20(31)24-19/h15,19H,1-13,22-23H2,(H2,24,25,31)/t15?,19-,21+/m1/s1. The number of amides is 4. The predicted molar refractivity (Wildman–Crippen MR) is 123 cm³/mol. The molecule has 1 unspecified atom stereocenters. The van der Waals surface area contributed by atoms with Crippen molar-refractivity contribution in [2.45, 2.75) is 81.2 Å². The topological polar surface area (TPSA) is 160 Å². The number of carbonyl (C=O) groups is 4. The number of hydrogen-bond donors (Lipinski definition) is 4. The van der Waals surface area contributed by atoms with E-state index in [2.05, 4.69) is 17.2 Å². The maximum absolute atomic E-state index is 12.2. The molecule has 3 saturated heterocycles. The molecule has 3 atom stereocenters. The highest BCUT2D eigenvalue weighted by molar-refractivity contribution is 8.00. The number of nitrogens with two attached hydrogens (primary N) is 2. The van der Waals surface area contributed by atoms with Gasteiger partial charge in [0.05, 0.1) is 11.7 Å². The fraction of sp³-hybridized carbons (Fsp3) is 0.714. The molecule has 33 heavy (non-hydrogen) atoms. The van der Waals surface area contributed by atoms with E-state index in [1.54, 1.807) is 11.8 Å². The van der Waals surface area contributed by atoms with Gasteiger partial charge in [-0.2, -0.15) is 11.8 Å². The largest absolute Gasteiger partial charge is 0.334 e. The van der Waals surface area contributed by atoms with Crippen LogP contribution in [0.3, 0.4) is 0 Å². The van der Waals surface area contributed by atoms with Crippen molar-refractivity contribution >= 4 is 35.6 Å². The second kappa shape index (κ2) is 11.2. The third-order valence-corrected chi connectivity index (χ3v) is 7.74. The molecule has 0 aromatic carbocycles. The van der Waals surface area contributed by atoms with Gasteiger partial charge in [0.15, 0.2) is 0 Å². The van der Waals surface area contributed by atoms with Gasteiger partial charge in [-0.3, -0.25) is 14.6 Å². The van der Waals surface area contributed by atoms with Crippen LogP contribution in [0.2, 0.25) is 0 Å². The Morgan fingerprint density at radius 1 is 1.18 bits per heavy atom. The molecule has 6 N–H and O–H groups in total. The first-order valence-corrected chi connectivity index (χ1v) is 12.5. The third kappa shape index (κ3) is 6.61. The van der Waals surface area contributed by atoms with Crippen molar-refractivity contribution in [3.8, 4) is 0 Å². The number of hydroxylamine groups is 2. The van der Waals surface area contributed by atoms with Crippen molar-refractivity contribution in [2.24, 2.45) is 11.6 Å². The van der Waals surface area contributed by atoms with Gasteiger partial charge in [0.2, 0.25) is 5.91 Å². The highest BCUT2D eigenvalue weighted by Gasteiger charge is 2.52. The van der Waals surface area contributed by atoms with Crippen molar-refractivity contribution in [1.29, 1.82) is 0 Å². The minimum atomic E-state index is -0.673. The van der Waals surface area contributed by atoms with Crippen molar-refractivity contribution < 1.29 is 24.0 Å². The number of fused-ring (bicyclic) bond motifs is 1. The Kier molecular flexibility index (Phi) is 8.60. The smallest absolute Gasteiger partial charge is 0.333 e. The van der Waals surface area contributed by atoms with E-state index in [-0.39, 0.29) is 35.6 Å².